The fraction of sp³-hybridized carbons (Fsp3) is 0.550. The van der Waals surface area contributed by atoms with Crippen LogP contribution < -0.4 is 15.1 Å². The Morgan fingerprint density at radius 3 is 2.48 bits per heavy atom. The minimum absolute atomic E-state index is 0.00299. The van der Waals surface area contributed by atoms with Gasteiger partial charge in [0.2, 0.25) is 5.95 Å². The first-order valence-electron chi connectivity index (χ1n) is 10.1. The summed E-state index contributed by atoms with van der Waals surface area (Å²) in [5.41, 5.74) is 2.04. The molecule has 0 radical (unpaired) electrons. The van der Waals surface area contributed by atoms with Gasteiger partial charge in [-0.05, 0) is 18.1 Å². The lowest BCUT2D eigenvalue weighted by atomic mass is 10.1. The van der Waals surface area contributed by atoms with Gasteiger partial charge in [0.25, 0.3) is 0 Å². The summed E-state index contributed by atoms with van der Waals surface area (Å²) in [5, 5.41) is 13.1. The molecule has 9 heteroatoms. The molecule has 2 aromatic rings. The molecule has 4 rings (SSSR count). The van der Waals surface area contributed by atoms with Gasteiger partial charge < -0.3 is 20.2 Å². The van der Waals surface area contributed by atoms with Gasteiger partial charge >= 0.3 is 0 Å². The minimum atomic E-state index is -1.09. The number of aliphatic hydroxyl groups is 1. The molecule has 4 heterocycles. The smallest absolute Gasteiger partial charge is 0.227 e. The van der Waals surface area contributed by atoms with Crippen LogP contribution in [0.5, 0.6) is 0 Å². The van der Waals surface area contributed by atoms with Crippen molar-refractivity contribution in [1.29, 1.82) is 0 Å². The first-order chi connectivity index (χ1) is 14.1. The van der Waals surface area contributed by atoms with E-state index in [1.165, 1.54) is 5.69 Å². The third-order valence-electron chi connectivity index (χ3n) is 5.59. The number of anilines is 3. The highest BCUT2D eigenvalue weighted by molar-refractivity contribution is 7.85. The standard InChI is InChI=1S/C20H28N6O2S/c1-14(2)17(13-27)22-19-18-16(5-12-29(18)28)23-20(24-19)26-10-8-25(9-11-26)15-3-6-21-7-4-15/h3-4,6-7,14,17,27H,5,8-13H2,1-2H3,(H,22,23,24). The van der Waals surface area contributed by atoms with Gasteiger partial charge in [-0.25, -0.2) is 4.98 Å². The van der Waals surface area contributed by atoms with Crippen LogP contribution in [0, 0.1) is 5.92 Å². The van der Waals surface area contributed by atoms with Gasteiger partial charge in [-0.1, -0.05) is 13.8 Å². The van der Waals surface area contributed by atoms with Gasteiger partial charge in [0.15, 0.2) is 0 Å². The molecule has 2 aliphatic heterocycles. The van der Waals surface area contributed by atoms with E-state index in [1.54, 1.807) is 0 Å². The molecule has 2 atom stereocenters. The van der Waals surface area contributed by atoms with E-state index in [1.807, 2.05) is 38.4 Å². The van der Waals surface area contributed by atoms with E-state index in [0.29, 0.717) is 28.8 Å². The number of rotatable bonds is 6. The first-order valence-corrected chi connectivity index (χ1v) is 11.5. The average Bonchev–Trinajstić information content (AvgIpc) is 3.13. The van der Waals surface area contributed by atoms with E-state index < -0.39 is 10.8 Å². The summed E-state index contributed by atoms with van der Waals surface area (Å²) in [6.45, 7) is 7.49. The highest BCUT2D eigenvalue weighted by Gasteiger charge is 2.29. The topological polar surface area (TPSA) is 94.5 Å². The van der Waals surface area contributed by atoms with Crippen molar-refractivity contribution in [2.45, 2.75) is 31.2 Å². The summed E-state index contributed by atoms with van der Waals surface area (Å²) in [6.07, 6.45) is 4.33. The molecule has 2 aromatic heterocycles. The summed E-state index contributed by atoms with van der Waals surface area (Å²) in [5.74, 6) is 2.11. The van der Waals surface area contributed by atoms with Crippen molar-refractivity contribution in [3.05, 3.63) is 30.2 Å². The quantitative estimate of drug-likeness (QED) is 0.728. The van der Waals surface area contributed by atoms with E-state index >= 15 is 0 Å². The van der Waals surface area contributed by atoms with Gasteiger partial charge in [-0.15, -0.1) is 0 Å². The number of hydrogen-bond donors (Lipinski definition) is 2. The Kier molecular flexibility index (Phi) is 5.96. The number of nitrogens with one attached hydrogen (secondary N) is 1. The Morgan fingerprint density at radius 2 is 1.83 bits per heavy atom. The zero-order chi connectivity index (χ0) is 20.4. The largest absolute Gasteiger partial charge is 0.394 e. The number of aryl methyl sites for hydroxylation is 1. The summed E-state index contributed by atoms with van der Waals surface area (Å²) in [6, 6.07) is 3.92. The SMILES string of the molecule is CC(C)C(CO)Nc1nc(N2CCN(c3ccncc3)CC2)nc2c1S(=O)CC2. The van der Waals surface area contributed by atoms with Crippen LogP contribution in [-0.4, -0.2) is 68.8 Å². The molecule has 2 unspecified atom stereocenters. The normalized spacial score (nSPS) is 20.1. The predicted octanol–water partition coefficient (Wildman–Crippen LogP) is 1.29. The van der Waals surface area contributed by atoms with Crippen LogP contribution in [0.1, 0.15) is 19.5 Å². The maximum absolute atomic E-state index is 12.5. The molecule has 0 aliphatic carbocycles. The maximum Gasteiger partial charge on any atom is 0.227 e. The van der Waals surface area contributed by atoms with Crippen LogP contribution in [-0.2, 0) is 17.2 Å². The number of hydrogen-bond acceptors (Lipinski definition) is 8. The van der Waals surface area contributed by atoms with Crippen molar-refractivity contribution >= 4 is 28.3 Å². The molecule has 156 valence electrons. The molecule has 0 saturated carbocycles. The van der Waals surface area contributed by atoms with Crippen molar-refractivity contribution in [2.24, 2.45) is 5.92 Å². The molecule has 0 amide bonds. The van der Waals surface area contributed by atoms with Crippen LogP contribution in [0.2, 0.25) is 0 Å². The third kappa shape index (κ3) is 4.20. The molecule has 1 saturated heterocycles. The number of pyridine rings is 1. The second kappa shape index (κ2) is 8.62. The summed E-state index contributed by atoms with van der Waals surface area (Å²) >= 11 is 0. The molecule has 1 fully saturated rings. The van der Waals surface area contributed by atoms with E-state index in [-0.39, 0.29) is 18.6 Å². The molecule has 0 bridgehead atoms. The molecule has 0 spiro atoms. The lowest BCUT2D eigenvalue weighted by Crippen LogP contribution is -2.47. The number of fused-ring (bicyclic) bond motifs is 1. The van der Waals surface area contributed by atoms with Crippen molar-refractivity contribution in [3.63, 3.8) is 0 Å². The average molecular weight is 417 g/mol. The van der Waals surface area contributed by atoms with Gasteiger partial charge in [-0.3, -0.25) is 9.19 Å². The van der Waals surface area contributed by atoms with Crippen molar-refractivity contribution in [1.82, 2.24) is 15.0 Å². The number of aliphatic hydroxyl groups excluding tert-OH is 1. The van der Waals surface area contributed by atoms with Gasteiger partial charge in [0.05, 0.1) is 29.1 Å². The Labute approximate surface area is 173 Å². The zero-order valence-corrected chi connectivity index (χ0v) is 17.7. The lowest BCUT2D eigenvalue weighted by molar-refractivity contribution is 0.249. The Bertz CT molecular complexity index is 871. The third-order valence-corrected chi connectivity index (χ3v) is 7.05. The summed E-state index contributed by atoms with van der Waals surface area (Å²) in [4.78, 5) is 18.8. The van der Waals surface area contributed by atoms with E-state index in [0.717, 1.165) is 31.9 Å². The predicted molar refractivity (Wildman–Crippen MR) is 115 cm³/mol. The summed E-state index contributed by atoms with van der Waals surface area (Å²) < 4.78 is 12.5. The van der Waals surface area contributed by atoms with Crippen LogP contribution in [0.15, 0.2) is 29.4 Å². The van der Waals surface area contributed by atoms with Crippen molar-refractivity contribution < 1.29 is 9.32 Å². The van der Waals surface area contributed by atoms with Gasteiger partial charge in [0, 0.05) is 56.4 Å². The van der Waals surface area contributed by atoms with Crippen LogP contribution in [0.3, 0.4) is 0 Å². The van der Waals surface area contributed by atoms with Crippen molar-refractivity contribution in [2.75, 3.05) is 53.7 Å². The number of aromatic nitrogens is 3. The minimum Gasteiger partial charge on any atom is -0.394 e. The van der Waals surface area contributed by atoms with Gasteiger partial charge in [0.1, 0.15) is 10.7 Å². The Morgan fingerprint density at radius 1 is 1.14 bits per heavy atom. The highest BCUT2D eigenvalue weighted by Crippen LogP contribution is 2.31. The molecule has 8 nitrogen and oxygen atoms in total. The van der Waals surface area contributed by atoms with Crippen molar-refractivity contribution in [3.8, 4) is 0 Å². The molecular formula is C20H28N6O2S. The molecular weight excluding hydrogens is 388 g/mol. The van der Waals surface area contributed by atoms with E-state index in [4.69, 9.17) is 9.97 Å². The van der Waals surface area contributed by atoms with Crippen LogP contribution >= 0.6 is 0 Å². The van der Waals surface area contributed by atoms with Gasteiger partial charge in [-0.2, -0.15) is 4.98 Å². The highest BCUT2D eigenvalue weighted by atomic mass is 32.2. The molecule has 0 aromatic carbocycles. The maximum atomic E-state index is 12.5. The Hall–Kier alpha value is -2.26. The molecule has 2 aliphatic rings. The number of nitrogens with zero attached hydrogens (tertiary/aromatic N) is 5. The van der Waals surface area contributed by atoms with E-state index in [2.05, 4.69) is 20.1 Å². The lowest BCUT2D eigenvalue weighted by Gasteiger charge is -2.36. The zero-order valence-electron chi connectivity index (χ0n) is 16.9. The second-order valence-corrected chi connectivity index (χ2v) is 9.31. The monoisotopic (exact) mass is 416 g/mol. The van der Waals surface area contributed by atoms with Crippen LogP contribution in [0.25, 0.3) is 0 Å². The Balaban J connectivity index is 1.55. The fourth-order valence-corrected chi connectivity index (χ4v) is 5.06. The molecule has 29 heavy (non-hydrogen) atoms. The van der Waals surface area contributed by atoms with Crippen LogP contribution in [0.4, 0.5) is 17.5 Å². The summed E-state index contributed by atoms with van der Waals surface area (Å²) in [7, 11) is -1.09. The first kappa shape index (κ1) is 20.0. The van der Waals surface area contributed by atoms with E-state index in [9.17, 15) is 9.32 Å². The fourth-order valence-electron chi connectivity index (χ4n) is 3.74. The molecule has 2 N–H and O–H groups in total. The number of piperazine rings is 1. The second-order valence-electron chi connectivity index (χ2n) is 7.80.